The van der Waals surface area contributed by atoms with Gasteiger partial charge in [0.1, 0.15) is 0 Å². The van der Waals surface area contributed by atoms with Crippen LogP contribution >= 0.6 is 11.6 Å². The molecular formula is C23H22ClN. The zero-order valence-electron chi connectivity index (χ0n) is 14.8. The van der Waals surface area contributed by atoms with E-state index in [9.17, 15) is 0 Å². The summed E-state index contributed by atoms with van der Waals surface area (Å²) in [5, 5.41) is 0.678. The molecule has 0 atom stereocenters. The van der Waals surface area contributed by atoms with Crippen molar-refractivity contribution >= 4 is 23.0 Å². The molecule has 1 nitrogen and oxygen atoms in total. The maximum atomic E-state index is 6.55. The maximum Gasteiger partial charge on any atom is 0.0860 e. The fraction of sp³-hybridized carbons (Fsp3) is 0.174. The Morgan fingerprint density at radius 3 is 1.72 bits per heavy atom. The monoisotopic (exact) mass is 347 g/mol. The Labute approximate surface area is 155 Å². The number of halogens is 1. The topological polar surface area (TPSA) is 12.4 Å². The van der Waals surface area contributed by atoms with Crippen LogP contribution in [0.5, 0.6) is 0 Å². The summed E-state index contributed by atoms with van der Waals surface area (Å²) in [5.41, 5.74) is 5.04. The van der Waals surface area contributed by atoms with E-state index < -0.39 is 0 Å². The van der Waals surface area contributed by atoms with Gasteiger partial charge in [-0.3, -0.25) is 0 Å². The minimum atomic E-state index is -0.0395. The van der Waals surface area contributed by atoms with Crippen molar-refractivity contribution in [2.75, 3.05) is 0 Å². The molecule has 2 heteroatoms. The molecule has 0 bridgehead atoms. The van der Waals surface area contributed by atoms with Crippen LogP contribution in [0.4, 0.5) is 5.69 Å². The molecular weight excluding hydrogens is 326 g/mol. The van der Waals surface area contributed by atoms with Gasteiger partial charge in [0.2, 0.25) is 0 Å². The van der Waals surface area contributed by atoms with Gasteiger partial charge in [-0.05, 0) is 17.0 Å². The standard InChI is InChI=1S/C23H22ClN/c1-23(2,3)19-15-10-16-20(24)22(19)25-21(17-11-6-4-7-12-17)18-13-8-5-9-14-18/h4-16H,1-3H3. The van der Waals surface area contributed by atoms with Crippen molar-refractivity contribution < 1.29 is 0 Å². The van der Waals surface area contributed by atoms with Crippen LogP contribution in [0.25, 0.3) is 0 Å². The van der Waals surface area contributed by atoms with Crippen LogP contribution in [0.1, 0.15) is 37.5 Å². The Balaban J connectivity index is 2.26. The second kappa shape index (κ2) is 7.25. The summed E-state index contributed by atoms with van der Waals surface area (Å²) in [5.74, 6) is 0. The van der Waals surface area contributed by atoms with Crippen molar-refractivity contribution in [1.29, 1.82) is 0 Å². The number of aliphatic imine (C=N–C) groups is 1. The summed E-state index contributed by atoms with van der Waals surface area (Å²) in [6.07, 6.45) is 0. The van der Waals surface area contributed by atoms with Crippen LogP contribution in [0.3, 0.4) is 0 Å². The lowest BCUT2D eigenvalue weighted by Gasteiger charge is -2.22. The SMILES string of the molecule is CC(C)(C)c1cccc(Cl)c1N=C(c1ccccc1)c1ccccc1. The lowest BCUT2D eigenvalue weighted by atomic mass is 9.85. The lowest BCUT2D eigenvalue weighted by molar-refractivity contribution is 0.591. The summed E-state index contributed by atoms with van der Waals surface area (Å²) in [4.78, 5) is 5.05. The van der Waals surface area contributed by atoms with Gasteiger partial charge in [-0.1, -0.05) is 105 Å². The molecule has 3 aromatic carbocycles. The van der Waals surface area contributed by atoms with Crippen molar-refractivity contribution in [3.05, 3.63) is 101 Å². The summed E-state index contributed by atoms with van der Waals surface area (Å²) in [6.45, 7) is 6.55. The molecule has 0 spiro atoms. The highest BCUT2D eigenvalue weighted by atomic mass is 35.5. The van der Waals surface area contributed by atoms with Gasteiger partial charge < -0.3 is 0 Å². The van der Waals surface area contributed by atoms with Gasteiger partial charge in [0.15, 0.2) is 0 Å². The summed E-state index contributed by atoms with van der Waals surface area (Å²) in [7, 11) is 0. The first-order chi connectivity index (χ1) is 12.0. The van der Waals surface area contributed by atoms with Gasteiger partial charge in [-0.2, -0.15) is 0 Å². The molecule has 0 fully saturated rings. The molecule has 0 saturated carbocycles. The molecule has 126 valence electrons. The summed E-state index contributed by atoms with van der Waals surface area (Å²) >= 11 is 6.55. The van der Waals surface area contributed by atoms with Crippen LogP contribution in [-0.4, -0.2) is 5.71 Å². The molecule has 0 aliphatic carbocycles. The van der Waals surface area contributed by atoms with Crippen molar-refractivity contribution in [3.8, 4) is 0 Å². The van der Waals surface area contributed by atoms with Gasteiger partial charge >= 0.3 is 0 Å². The number of hydrogen-bond acceptors (Lipinski definition) is 1. The summed E-state index contributed by atoms with van der Waals surface area (Å²) in [6, 6.07) is 26.5. The normalized spacial score (nSPS) is 11.2. The molecule has 0 amide bonds. The molecule has 3 rings (SSSR count). The minimum Gasteiger partial charge on any atom is -0.246 e. The average molecular weight is 348 g/mol. The highest BCUT2D eigenvalue weighted by molar-refractivity contribution is 6.33. The van der Waals surface area contributed by atoms with Crippen molar-refractivity contribution in [2.45, 2.75) is 26.2 Å². The minimum absolute atomic E-state index is 0.0395. The largest absolute Gasteiger partial charge is 0.246 e. The van der Waals surface area contributed by atoms with Crippen LogP contribution < -0.4 is 0 Å². The quantitative estimate of drug-likeness (QED) is 0.461. The van der Waals surface area contributed by atoms with E-state index in [-0.39, 0.29) is 5.41 Å². The zero-order chi connectivity index (χ0) is 17.9. The van der Waals surface area contributed by atoms with E-state index in [0.29, 0.717) is 5.02 Å². The molecule has 0 heterocycles. The highest BCUT2D eigenvalue weighted by Crippen LogP contribution is 2.37. The van der Waals surface area contributed by atoms with Crippen molar-refractivity contribution in [1.82, 2.24) is 0 Å². The first-order valence-corrected chi connectivity index (χ1v) is 8.83. The number of hydrogen-bond donors (Lipinski definition) is 0. The molecule has 0 radical (unpaired) electrons. The predicted octanol–water partition coefficient (Wildman–Crippen LogP) is 6.81. The molecule has 0 unspecified atom stereocenters. The zero-order valence-corrected chi connectivity index (χ0v) is 15.6. The molecule has 0 aliphatic rings. The third-order valence-corrected chi connectivity index (χ3v) is 4.42. The number of benzene rings is 3. The fourth-order valence-electron chi connectivity index (χ4n) is 2.83. The second-order valence-corrected chi connectivity index (χ2v) is 7.49. The van der Waals surface area contributed by atoms with Crippen LogP contribution in [0, 0.1) is 0 Å². The van der Waals surface area contributed by atoms with Crippen LogP contribution in [-0.2, 0) is 5.41 Å². The highest BCUT2D eigenvalue weighted by Gasteiger charge is 2.20. The third-order valence-electron chi connectivity index (χ3n) is 4.11. The average Bonchev–Trinajstić information content (AvgIpc) is 2.61. The molecule has 0 saturated heterocycles. The van der Waals surface area contributed by atoms with E-state index in [1.807, 2.05) is 48.5 Å². The van der Waals surface area contributed by atoms with Crippen LogP contribution in [0.2, 0.25) is 5.02 Å². The van der Waals surface area contributed by atoms with Crippen molar-refractivity contribution in [2.24, 2.45) is 4.99 Å². The molecule has 0 aromatic heterocycles. The van der Waals surface area contributed by atoms with E-state index in [2.05, 4.69) is 51.1 Å². The van der Waals surface area contributed by atoms with E-state index in [0.717, 1.165) is 28.1 Å². The van der Waals surface area contributed by atoms with Gasteiger partial charge in [-0.15, -0.1) is 0 Å². The van der Waals surface area contributed by atoms with E-state index in [1.54, 1.807) is 0 Å². The molecule has 25 heavy (non-hydrogen) atoms. The predicted molar refractivity (Wildman–Crippen MR) is 108 cm³/mol. The third kappa shape index (κ3) is 4.00. The Morgan fingerprint density at radius 2 is 1.24 bits per heavy atom. The maximum absolute atomic E-state index is 6.55. The van der Waals surface area contributed by atoms with Gasteiger partial charge in [0.25, 0.3) is 0 Å². The van der Waals surface area contributed by atoms with E-state index in [1.165, 1.54) is 0 Å². The Kier molecular flexibility index (Phi) is 5.06. The first kappa shape index (κ1) is 17.4. The van der Waals surface area contributed by atoms with Gasteiger partial charge in [0, 0.05) is 11.1 Å². The van der Waals surface area contributed by atoms with Crippen LogP contribution in [0.15, 0.2) is 83.9 Å². The second-order valence-electron chi connectivity index (χ2n) is 7.08. The van der Waals surface area contributed by atoms with Gasteiger partial charge in [-0.25, -0.2) is 4.99 Å². The Hall–Kier alpha value is -2.38. The van der Waals surface area contributed by atoms with E-state index in [4.69, 9.17) is 16.6 Å². The summed E-state index contributed by atoms with van der Waals surface area (Å²) < 4.78 is 0. The number of rotatable bonds is 3. The first-order valence-electron chi connectivity index (χ1n) is 8.45. The van der Waals surface area contributed by atoms with Gasteiger partial charge in [0.05, 0.1) is 16.4 Å². The number of para-hydroxylation sites is 1. The fourth-order valence-corrected chi connectivity index (χ4v) is 3.05. The molecule has 3 aromatic rings. The smallest absolute Gasteiger partial charge is 0.0860 e. The molecule has 0 aliphatic heterocycles. The van der Waals surface area contributed by atoms with E-state index >= 15 is 0 Å². The molecule has 0 N–H and O–H groups in total. The Bertz CT molecular complexity index is 833. The van der Waals surface area contributed by atoms with Crippen molar-refractivity contribution in [3.63, 3.8) is 0 Å². The Morgan fingerprint density at radius 1 is 0.720 bits per heavy atom. The lowest BCUT2D eigenvalue weighted by Crippen LogP contribution is -2.12. The number of nitrogens with zero attached hydrogens (tertiary/aromatic N) is 1.